The van der Waals surface area contributed by atoms with Crippen LogP contribution >= 0.6 is 0 Å². The molecule has 0 aliphatic carbocycles. The van der Waals surface area contributed by atoms with Gasteiger partial charge in [0.25, 0.3) is 5.56 Å². The fourth-order valence-electron chi connectivity index (χ4n) is 4.84. The maximum atomic E-state index is 13.2. The Morgan fingerprint density at radius 3 is 2.90 bits per heavy atom. The van der Waals surface area contributed by atoms with Crippen molar-refractivity contribution in [3.05, 3.63) is 53.2 Å². The Bertz CT molecular complexity index is 1110. The average molecular weight is 407 g/mol. The molecule has 0 aromatic carbocycles. The molecule has 0 saturated carbocycles. The molecule has 2 atom stereocenters. The number of imidazole rings is 1. The van der Waals surface area contributed by atoms with Gasteiger partial charge < -0.3 is 14.0 Å². The van der Waals surface area contributed by atoms with E-state index in [1.807, 2.05) is 39.4 Å². The molecule has 0 spiro atoms. The normalized spacial score (nSPS) is 20.2. The van der Waals surface area contributed by atoms with Gasteiger partial charge in [-0.2, -0.15) is 5.10 Å². The maximum Gasteiger partial charge on any atom is 0.261 e. The molecule has 1 fully saturated rings. The average Bonchev–Trinajstić information content (AvgIpc) is 3.40. The highest BCUT2D eigenvalue weighted by molar-refractivity contribution is 5.76. The summed E-state index contributed by atoms with van der Waals surface area (Å²) in [7, 11) is 1.90. The Morgan fingerprint density at radius 2 is 2.13 bits per heavy atom. The number of carbonyl (C=O) groups is 1. The summed E-state index contributed by atoms with van der Waals surface area (Å²) in [5.41, 5.74) is 1.69. The zero-order chi connectivity index (χ0) is 20.7. The number of aryl methyl sites for hydroxylation is 2. The van der Waals surface area contributed by atoms with Gasteiger partial charge in [-0.3, -0.25) is 14.3 Å². The summed E-state index contributed by atoms with van der Waals surface area (Å²) in [6.45, 7) is 2.75. The first-order valence-corrected chi connectivity index (χ1v) is 10.4. The first kappa shape index (κ1) is 18.8. The van der Waals surface area contributed by atoms with Crippen molar-refractivity contribution < 1.29 is 4.79 Å². The van der Waals surface area contributed by atoms with Crippen LogP contribution in [0.25, 0.3) is 11.4 Å². The molecule has 1 amide bonds. The Morgan fingerprint density at radius 1 is 1.23 bits per heavy atom. The predicted octanol–water partition coefficient (Wildman–Crippen LogP) is 1.27. The summed E-state index contributed by atoms with van der Waals surface area (Å²) in [6, 6.07) is 3.93. The smallest absolute Gasteiger partial charge is 0.261 e. The molecule has 0 unspecified atom stereocenters. The van der Waals surface area contributed by atoms with Gasteiger partial charge >= 0.3 is 0 Å². The van der Waals surface area contributed by atoms with Crippen LogP contribution in [0.15, 0.2) is 42.0 Å². The van der Waals surface area contributed by atoms with Crippen molar-refractivity contribution in [1.29, 1.82) is 0 Å². The number of aromatic nitrogens is 6. The number of piperidine rings is 1. The van der Waals surface area contributed by atoms with Crippen molar-refractivity contribution in [1.82, 2.24) is 33.8 Å². The van der Waals surface area contributed by atoms with Gasteiger partial charge in [0.15, 0.2) is 0 Å². The van der Waals surface area contributed by atoms with Crippen LogP contribution in [0.1, 0.15) is 30.9 Å². The maximum absolute atomic E-state index is 13.2. The van der Waals surface area contributed by atoms with Gasteiger partial charge in [0.05, 0.1) is 5.56 Å². The zero-order valence-corrected chi connectivity index (χ0v) is 17.0. The van der Waals surface area contributed by atoms with Crippen LogP contribution < -0.4 is 5.56 Å². The summed E-state index contributed by atoms with van der Waals surface area (Å²) in [5, 5.41) is 4.08. The first-order chi connectivity index (χ1) is 14.6. The van der Waals surface area contributed by atoms with Crippen LogP contribution in [-0.2, 0) is 24.9 Å². The number of hydrogen-bond acceptors (Lipinski definition) is 5. The van der Waals surface area contributed by atoms with Gasteiger partial charge in [0.2, 0.25) is 5.91 Å². The summed E-state index contributed by atoms with van der Waals surface area (Å²) in [6.07, 6.45) is 9.02. The number of likely N-dealkylation sites (tertiary alicyclic amines) is 1. The lowest BCUT2D eigenvalue weighted by molar-refractivity contribution is -0.134. The Kier molecular flexibility index (Phi) is 4.72. The SMILES string of the molecule is Cn1ccnc1-c1ccc2n(c1=O)C[C@H]1C[C@@H]2CN(C(=O)CCCn2cncn2)C1. The van der Waals surface area contributed by atoms with Crippen molar-refractivity contribution >= 4 is 5.91 Å². The van der Waals surface area contributed by atoms with Gasteiger partial charge in [0.1, 0.15) is 18.5 Å². The lowest BCUT2D eigenvalue weighted by atomic mass is 9.82. The molecule has 5 rings (SSSR count). The Labute approximate surface area is 174 Å². The van der Waals surface area contributed by atoms with E-state index in [-0.39, 0.29) is 17.4 Å². The number of nitrogens with zero attached hydrogens (tertiary/aromatic N) is 7. The highest BCUT2D eigenvalue weighted by Gasteiger charge is 2.36. The van der Waals surface area contributed by atoms with E-state index < -0.39 is 0 Å². The third-order valence-electron chi connectivity index (χ3n) is 6.26. The van der Waals surface area contributed by atoms with E-state index >= 15 is 0 Å². The Balaban J connectivity index is 1.31. The number of fused-ring (bicyclic) bond motifs is 4. The summed E-state index contributed by atoms with van der Waals surface area (Å²) in [4.78, 5) is 36.2. The van der Waals surface area contributed by atoms with Gasteiger partial charge in [-0.15, -0.1) is 0 Å². The minimum Gasteiger partial charge on any atom is -0.342 e. The third kappa shape index (κ3) is 3.34. The van der Waals surface area contributed by atoms with Crippen molar-refractivity contribution in [2.24, 2.45) is 13.0 Å². The molecule has 2 aliphatic heterocycles. The van der Waals surface area contributed by atoms with Crippen LogP contribution in [0.3, 0.4) is 0 Å². The molecule has 3 aromatic heterocycles. The van der Waals surface area contributed by atoms with Crippen LogP contribution in [0.2, 0.25) is 0 Å². The van der Waals surface area contributed by atoms with Crippen molar-refractivity contribution in [2.45, 2.75) is 38.3 Å². The topological polar surface area (TPSA) is 90.8 Å². The van der Waals surface area contributed by atoms with Crippen LogP contribution in [-0.4, -0.2) is 52.8 Å². The van der Waals surface area contributed by atoms with E-state index in [0.717, 1.165) is 25.1 Å². The zero-order valence-electron chi connectivity index (χ0n) is 17.0. The third-order valence-corrected chi connectivity index (χ3v) is 6.26. The number of rotatable bonds is 5. The molecule has 0 N–H and O–H groups in total. The molecule has 2 bridgehead atoms. The Hall–Kier alpha value is -3.23. The second kappa shape index (κ2) is 7.55. The van der Waals surface area contributed by atoms with Gasteiger partial charge in [-0.05, 0) is 30.9 Å². The summed E-state index contributed by atoms with van der Waals surface area (Å²) >= 11 is 0. The van der Waals surface area contributed by atoms with E-state index in [1.165, 1.54) is 6.33 Å². The number of hydrogen-bond donors (Lipinski definition) is 0. The fraction of sp³-hybridized carbons (Fsp3) is 0.476. The molecule has 9 nitrogen and oxygen atoms in total. The molecule has 9 heteroatoms. The molecule has 30 heavy (non-hydrogen) atoms. The summed E-state index contributed by atoms with van der Waals surface area (Å²) < 4.78 is 5.53. The number of pyridine rings is 1. The van der Waals surface area contributed by atoms with Crippen molar-refractivity contribution in [3.63, 3.8) is 0 Å². The van der Waals surface area contributed by atoms with Crippen LogP contribution in [0, 0.1) is 5.92 Å². The molecule has 5 heterocycles. The molecular formula is C21H25N7O2. The minimum atomic E-state index is 0.0177. The molecule has 0 radical (unpaired) electrons. The van der Waals surface area contributed by atoms with E-state index in [4.69, 9.17) is 0 Å². The molecule has 3 aromatic rings. The second-order valence-corrected chi connectivity index (χ2v) is 8.31. The van der Waals surface area contributed by atoms with Crippen molar-refractivity contribution in [3.8, 4) is 11.4 Å². The first-order valence-electron chi connectivity index (χ1n) is 10.4. The molecule has 2 aliphatic rings. The highest BCUT2D eigenvalue weighted by Crippen LogP contribution is 2.36. The molecular weight excluding hydrogens is 382 g/mol. The van der Waals surface area contributed by atoms with E-state index in [1.54, 1.807) is 17.2 Å². The summed E-state index contributed by atoms with van der Waals surface area (Å²) in [5.74, 6) is 1.39. The standard InChI is InChI=1S/C21H25N7O2/c1-25-8-6-23-20(25)17-4-5-18-16-9-15(11-28(18)21(17)30)10-26(12-16)19(29)3-2-7-27-14-22-13-24-27/h4-6,8,13-16H,2-3,7,9-12H2,1H3/t15-,16+/m0/s1. The van der Waals surface area contributed by atoms with Gasteiger partial charge in [-0.1, -0.05) is 0 Å². The van der Waals surface area contributed by atoms with Gasteiger partial charge in [0, 0.05) is 63.7 Å². The highest BCUT2D eigenvalue weighted by atomic mass is 16.2. The van der Waals surface area contributed by atoms with Crippen LogP contribution in [0.4, 0.5) is 0 Å². The van der Waals surface area contributed by atoms with Crippen LogP contribution in [0.5, 0.6) is 0 Å². The van der Waals surface area contributed by atoms with E-state index in [2.05, 4.69) is 15.1 Å². The second-order valence-electron chi connectivity index (χ2n) is 8.31. The van der Waals surface area contributed by atoms with E-state index in [9.17, 15) is 9.59 Å². The van der Waals surface area contributed by atoms with Crippen molar-refractivity contribution in [2.75, 3.05) is 13.1 Å². The monoisotopic (exact) mass is 407 g/mol. The van der Waals surface area contributed by atoms with Gasteiger partial charge in [-0.25, -0.2) is 9.97 Å². The number of amides is 1. The number of carbonyl (C=O) groups excluding carboxylic acids is 1. The minimum absolute atomic E-state index is 0.0177. The molecule has 1 saturated heterocycles. The largest absolute Gasteiger partial charge is 0.342 e. The fourth-order valence-corrected chi connectivity index (χ4v) is 4.84. The lowest BCUT2D eigenvalue weighted by Gasteiger charge is -2.43. The predicted molar refractivity (Wildman–Crippen MR) is 110 cm³/mol. The quantitative estimate of drug-likeness (QED) is 0.635. The molecule has 156 valence electrons. The lowest BCUT2D eigenvalue weighted by Crippen LogP contribution is -2.49. The van der Waals surface area contributed by atoms with E-state index in [0.29, 0.717) is 43.4 Å².